The van der Waals surface area contributed by atoms with Crippen LogP contribution in [0, 0.1) is 0 Å². The number of hydrogen-bond acceptors (Lipinski definition) is 5. The molecule has 0 spiro atoms. The van der Waals surface area contributed by atoms with Crippen molar-refractivity contribution in [2.75, 3.05) is 6.54 Å². The molecule has 7 heteroatoms. The van der Waals surface area contributed by atoms with Gasteiger partial charge in [-0.25, -0.2) is 4.57 Å². The Balaban J connectivity index is 1.94. The Hall–Kier alpha value is -2.30. The number of nitrogens with zero attached hydrogens (tertiary/aromatic N) is 1. The number of benzene rings is 2. The van der Waals surface area contributed by atoms with Crippen molar-refractivity contribution in [3.63, 3.8) is 0 Å². The van der Waals surface area contributed by atoms with Crippen molar-refractivity contribution in [3.05, 3.63) is 60.7 Å². The van der Waals surface area contributed by atoms with Crippen LogP contribution in [0.4, 0.5) is 0 Å². The summed E-state index contributed by atoms with van der Waals surface area (Å²) < 4.78 is 25.5. The molecule has 1 fully saturated rings. The van der Waals surface area contributed by atoms with Crippen LogP contribution in [0.5, 0.6) is 11.5 Å². The molecule has 1 saturated heterocycles. The Labute approximate surface area is 153 Å². The van der Waals surface area contributed by atoms with Crippen LogP contribution in [-0.2, 0) is 9.36 Å². The van der Waals surface area contributed by atoms with Gasteiger partial charge in [-0.1, -0.05) is 36.4 Å². The lowest BCUT2D eigenvalue weighted by molar-refractivity contribution is -0.132. The molecule has 2 N–H and O–H groups in total. The van der Waals surface area contributed by atoms with Gasteiger partial charge in [0.1, 0.15) is 11.5 Å². The maximum absolute atomic E-state index is 13.8. The van der Waals surface area contributed by atoms with E-state index in [1.807, 2.05) is 12.1 Å². The molecular weight excluding hydrogens is 351 g/mol. The van der Waals surface area contributed by atoms with Crippen LogP contribution < -0.4 is 14.8 Å². The van der Waals surface area contributed by atoms with E-state index < -0.39 is 19.4 Å². The minimum atomic E-state index is -3.71. The van der Waals surface area contributed by atoms with Crippen LogP contribution in [0.15, 0.2) is 60.7 Å². The lowest BCUT2D eigenvalue weighted by Gasteiger charge is -2.31. The highest BCUT2D eigenvalue weighted by Gasteiger charge is 2.48. The molecule has 3 rings (SSSR count). The summed E-state index contributed by atoms with van der Waals surface area (Å²) in [5.74, 6) is -0.0406. The fourth-order valence-corrected chi connectivity index (χ4v) is 5.17. The molecule has 2 aromatic rings. The van der Waals surface area contributed by atoms with Gasteiger partial charge in [0.05, 0.1) is 6.04 Å². The number of rotatable bonds is 6. The van der Waals surface area contributed by atoms with Gasteiger partial charge >= 0.3 is 7.60 Å². The molecule has 2 aromatic carbocycles. The van der Waals surface area contributed by atoms with Gasteiger partial charge < -0.3 is 19.7 Å². The molecule has 138 valence electrons. The molecule has 26 heavy (non-hydrogen) atoms. The molecule has 0 bridgehead atoms. The maximum atomic E-state index is 13.8. The third kappa shape index (κ3) is 4.09. The molecular formula is C19H23N2O4P. The van der Waals surface area contributed by atoms with E-state index >= 15 is 0 Å². The van der Waals surface area contributed by atoms with Crippen molar-refractivity contribution in [2.45, 2.75) is 31.6 Å². The largest absolute Gasteiger partial charge is 0.453 e. The van der Waals surface area contributed by atoms with Crippen molar-refractivity contribution in [2.24, 2.45) is 5.73 Å². The molecule has 0 aliphatic carbocycles. The molecule has 6 nitrogen and oxygen atoms in total. The third-order valence-electron chi connectivity index (χ3n) is 4.21. The molecule has 0 unspecified atom stereocenters. The number of para-hydroxylation sites is 2. The normalized spacial score (nSPS) is 18.4. The van der Waals surface area contributed by atoms with E-state index in [4.69, 9.17) is 14.8 Å². The van der Waals surface area contributed by atoms with E-state index in [0.717, 1.165) is 6.42 Å². The van der Waals surface area contributed by atoms with Crippen molar-refractivity contribution in [1.82, 2.24) is 4.90 Å². The second-order valence-corrected chi connectivity index (χ2v) is 8.33. The topological polar surface area (TPSA) is 81.9 Å². The highest BCUT2D eigenvalue weighted by Crippen LogP contribution is 2.56. The van der Waals surface area contributed by atoms with Gasteiger partial charge in [0.15, 0.2) is 5.78 Å². The number of carbonyl (C=O) groups is 1. The zero-order chi connectivity index (χ0) is 18.6. The Kier molecular flexibility index (Phi) is 5.64. The van der Waals surface area contributed by atoms with Crippen LogP contribution in [0.1, 0.15) is 19.8 Å². The number of carbonyl (C=O) groups excluding carboxylic acids is 1. The van der Waals surface area contributed by atoms with E-state index in [2.05, 4.69) is 0 Å². The monoisotopic (exact) mass is 374 g/mol. The van der Waals surface area contributed by atoms with Crippen LogP contribution in [0.25, 0.3) is 0 Å². The van der Waals surface area contributed by atoms with E-state index in [1.54, 1.807) is 55.5 Å². The van der Waals surface area contributed by atoms with Crippen LogP contribution in [0.3, 0.4) is 0 Å². The lowest BCUT2D eigenvalue weighted by atomic mass is 10.3. The van der Waals surface area contributed by atoms with Crippen molar-refractivity contribution in [3.8, 4) is 11.5 Å². The predicted octanol–water partition coefficient (Wildman–Crippen LogP) is 3.63. The minimum Gasteiger partial charge on any atom is -0.415 e. The summed E-state index contributed by atoms with van der Waals surface area (Å²) in [6.45, 7) is 2.12. The summed E-state index contributed by atoms with van der Waals surface area (Å²) in [7, 11) is -3.71. The second-order valence-electron chi connectivity index (χ2n) is 6.29. The SMILES string of the molecule is C[C@H](N)C(=O)N1CCC[C@H]1P(=O)(Oc1ccccc1)Oc1ccccc1. The first-order valence-electron chi connectivity index (χ1n) is 8.65. The number of amides is 1. The first kappa shape index (κ1) is 18.5. The summed E-state index contributed by atoms with van der Waals surface area (Å²) in [4.78, 5) is 14.0. The first-order chi connectivity index (χ1) is 12.5. The van der Waals surface area contributed by atoms with Crippen LogP contribution in [-0.4, -0.2) is 29.2 Å². The van der Waals surface area contributed by atoms with Gasteiger partial charge in [-0.15, -0.1) is 0 Å². The lowest BCUT2D eigenvalue weighted by Crippen LogP contribution is -2.45. The maximum Gasteiger partial charge on any atom is 0.453 e. The third-order valence-corrected chi connectivity index (χ3v) is 6.41. The molecule has 0 saturated carbocycles. The standard InChI is InChI=1S/C19H23N2O4P/c1-15(20)19(22)21-14-8-13-18(21)26(23,24-16-9-4-2-5-10-16)25-17-11-6-3-7-12-17/h2-7,9-12,15,18H,8,13-14,20H2,1H3/t15-,18+/m0/s1. The van der Waals surface area contributed by atoms with Gasteiger partial charge in [0, 0.05) is 6.54 Å². The predicted molar refractivity (Wildman–Crippen MR) is 100 cm³/mol. The quantitative estimate of drug-likeness (QED) is 0.781. The van der Waals surface area contributed by atoms with Crippen molar-refractivity contribution >= 4 is 13.5 Å². The molecule has 1 aliphatic rings. The average molecular weight is 374 g/mol. The van der Waals surface area contributed by atoms with Gasteiger partial charge in [-0.2, -0.15) is 0 Å². The first-order valence-corrected chi connectivity index (χ1v) is 10.3. The van der Waals surface area contributed by atoms with Gasteiger partial charge in [0.2, 0.25) is 5.91 Å². The fourth-order valence-electron chi connectivity index (χ4n) is 2.99. The van der Waals surface area contributed by atoms with Gasteiger partial charge in [0.25, 0.3) is 0 Å². The average Bonchev–Trinajstić information content (AvgIpc) is 3.13. The van der Waals surface area contributed by atoms with Crippen LogP contribution in [0.2, 0.25) is 0 Å². The Morgan fingerprint density at radius 2 is 1.58 bits per heavy atom. The smallest absolute Gasteiger partial charge is 0.415 e. The molecule has 1 amide bonds. The second kappa shape index (κ2) is 7.94. The number of likely N-dealkylation sites (tertiary alicyclic amines) is 1. The van der Waals surface area contributed by atoms with Crippen LogP contribution >= 0.6 is 7.60 Å². The number of hydrogen-bond donors (Lipinski definition) is 1. The fraction of sp³-hybridized carbons (Fsp3) is 0.316. The number of nitrogens with two attached hydrogens (primary N) is 1. The molecule has 1 heterocycles. The van der Waals surface area contributed by atoms with Gasteiger partial charge in [-0.3, -0.25) is 4.79 Å². The van der Waals surface area contributed by atoms with Crippen molar-refractivity contribution in [1.29, 1.82) is 0 Å². The van der Waals surface area contributed by atoms with E-state index in [-0.39, 0.29) is 5.91 Å². The van der Waals surface area contributed by atoms with E-state index in [1.165, 1.54) is 4.90 Å². The summed E-state index contributed by atoms with van der Waals surface area (Å²) in [6, 6.07) is 17.1. The summed E-state index contributed by atoms with van der Waals surface area (Å²) in [5, 5.41) is 0. The summed E-state index contributed by atoms with van der Waals surface area (Å²) in [5.41, 5.74) is 5.76. The van der Waals surface area contributed by atoms with Gasteiger partial charge in [-0.05, 0) is 44.0 Å². The molecule has 0 radical (unpaired) electrons. The molecule has 0 aromatic heterocycles. The molecule has 1 aliphatic heterocycles. The Bertz CT molecular complexity index is 737. The Morgan fingerprint density at radius 1 is 1.08 bits per heavy atom. The zero-order valence-corrected chi connectivity index (χ0v) is 15.5. The van der Waals surface area contributed by atoms with E-state index in [9.17, 15) is 9.36 Å². The van der Waals surface area contributed by atoms with Crippen molar-refractivity contribution < 1.29 is 18.4 Å². The summed E-state index contributed by atoms with van der Waals surface area (Å²) in [6.07, 6.45) is 1.26. The van der Waals surface area contributed by atoms with E-state index in [0.29, 0.717) is 24.5 Å². The summed E-state index contributed by atoms with van der Waals surface area (Å²) >= 11 is 0. The Morgan fingerprint density at radius 3 is 2.04 bits per heavy atom. The molecule has 2 atom stereocenters. The highest BCUT2D eigenvalue weighted by atomic mass is 31.2. The minimum absolute atomic E-state index is 0.249. The highest BCUT2D eigenvalue weighted by molar-refractivity contribution is 7.55. The zero-order valence-electron chi connectivity index (χ0n) is 14.7.